The molecule has 5 heteroatoms. The number of rotatable bonds is 4. The molecule has 0 saturated carbocycles. The van der Waals surface area contributed by atoms with Gasteiger partial charge in [-0.25, -0.2) is 12.6 Å². The second-order valence-corrected chi connectivity index (χ2v) is 7.91. The third-order valence-corrected chi connectivity index (χ3v) is 5.68. The summed E-state index contributed by atoms with van der Waals surface area (Å²) in [5.41, 5.74) is 2.05. The smallest absolute Gasteiger partial charge is 0.200 e. The van der Waals surface area contributed by atoms with Gasteiger partial charge < -0.3 is 0 Å². The van der Waals surface area contributed by atoms with Gasteiger partial charge in [0, 0.05) is 15.7 Å². The van der Waals surface area contributed by atoms with E-state index in [1.165, 1.54) is 5.41 Å². The molecule has 3 nitrogen and oxygen atoms in total. The molecular formula is C16H16O3S2. The zero-order chi connectivity index (χ0) is 15.5. The molecule has 0 amide bonds. The molecule has 0 spiro atoms. The summed E-state index contributed by atoms with van der Waals surface area (Å²) < 4.78 is 36.3. The SMILES string of the molecule is Cc1ccc(S(=O)/C=C/S(=O)(=O)c2ccc(C)cc2)cc1. The Balaban J connectivity index is 2.21. The van der Waals surface area contributed by atoms with Gasteiger partial charge in [0.2, 0.25) is 0 Å². The molecule has 0 aliphatic rings. The minimum absolute atomic E-state index is 0.199. The van der Waals surface area contributed by atoms with E-state index in [0.717, 1.165) is 16.5 Å². The molecule has 2 aromatic rings. The highest BCUT2D eigenvalue weighted by Gasteiger charge is 2.10. The van der Waals surface area contributed by atoms with Gasteiger partial charge in [-0.1, -0.05) is 35.4 Å². The molecule has 0 aliphatic carbocycles. The fourth-order valence-electron chi connectivity index (χ4n) is 1.68. The van der Waals surface area contributed by atoms with Crippen molar-refractivity contribution in [1.29, 1.82) is 0 Å². The molecule has 0 N–H and O–H groups in total. The second-order valence-electron chi connectivity index (χ2n) is 4.74. The van der Waals surface area contributed by atoms with E-state index in [1.807, 2.05) is 26.0 Å². The van der Waals surface area contributed by atoms with Crippen molar-refractivity contribution >= 4 is 20.6 Å². The lowest BCUT2D eigenvalue weighted by molar-refractivity contribution is 0.604. The predicted octanol–water partition coefficient (Wildman–Crippen LogP) is 3.36. The van der Waals surface area contributed by atoms with Crippen molar-refractivity contribution in [3.8, 4) is 0 Å². The van der Waals surface area contributed by atoms with Crippen molar-refractivity contribution in [2.24, 2.45) is 0 Å². The summed E-state index contributed by atoms with van der Waals surface area (Å²) in [4.78, 5) is 0.779. The molecule has 0 bridgehead atoms. The molecule has 0 radical (unpaired) electrons. The summed E-state index contributed by atoms with van der Waals surface area (Å²) >= 11 is 0. The van der Waals surface area contributed by atoms with E-state index in [1.54, 1.807) is 36.4 Å². The van der Waals surface area contributed by atoms with Crippen LogP contribution in [0, 0.1) is 13.8 Å². The number of hydrogen-bond acceptors (Lipinski definition) is 3. The highest BCUT2D eigenvalue weighted by molar-refractivity contribution is 7.95. The standard InChI is InChI=1S/C16H16O3S2/c1-13-3-7-15(8-4-13)20(17)11-12-21(18,19)16-9-5-14(2)6-10-16/h3-12H,1-2H3/b12-11+. The maximum absolute atomic E-state index is 12.1. The second kappa shape index (κ2) is 6.37. The van der Waals surface area contributed by atoms with Crippen LogP contribution in [0.25, 0.3) is 0 Å². The van der Waals surface area contributed by atoms with E-state index in [-0.39, 0.29) is 4.90 Å². The summed E-state index contributed by atoms with van der Waals surface area (Å²) in [6, 6.07) is 13.7. The third kappa shape index (κ3) is 4.12. The van der Waals surface area contributed by atoms with Crippen LogP contribution in [0.1, 0.15) is 11.1 Å². The summed E-state index contributed by atoms with van der Waals surface area (Å²) in [6.45, 7) is 3.82. The normalized spacial score (nSPS) is 13.4. The molecule has 110 valence electrons. The van der Waals surface area contributed by atoms with Crippen molar-refractivity contribution in [2.45, 2.75) is 23.6 Å². The van der Waals surface area contributed by atoms with Crippen LogP contribution in [-0.4, -0.2) is 12.6 Å². The highest BCUT2D eigenvalue weighted by Crippen LogP contribution is 2.15. The highest BCUT2D eigenvalue weighted by atomic mass is 32.2. The Morgan fingerprint density at radius 1 is 0.857 bits per heavy atom. The topological polar surface area (TPSA) is 51.2 Å². The first kappa shape index (κ1) is 15.7. The minimum Gasteiger partial charge on any atom is -0.250 e. The summed E-state index contributed by atoms with van der Waals surface area (Å²) in [7, 11) is -5.04. The van der Waals surface area contributed by atoms with Crippen molar-refractivity contribution in [1.82, 2.24) is 0 Å². The Kier molecular flexibility index (Phi) is 4.75. The maximum Gasteiger partial charge on any atom is 0.200 e. The number of aryl methyl sites for hydroxylation is 2. The molecule has 0 saturated heterocycles. The van der Waals surface area contributed by atoms with Crippen LogP contribution in [0.2, 0.25) is 0 Å². The molecule has 0 heterocycles. The lowest BCUT2D eigenvalue weighted by Gasteiger charge is -2.00. The van der Waals surface area contributed by atoms with Gasteiger partial charge >= 0.3 is 0 Å². The fourth-order valence-corrected chi connectivity index (χ4v) is 3.90. The Hall–Kier alpha value is -1.72. The lowest BCUT2D eigenvalue weighted by atomic mass is 10.2. The van der Waals surface area contributed by atoms with Crippen LogP contribution < -0.4 is 0 Å². The molecule has 1 atom stereocenters. The number of hydrogen-bond donors (Lipinski definition) is 0. The van der Waals surface area contributed by atoms with Crippen molar-refractivity contribution in [2.75, 3.05) is 0 Å². The number of benzene rings is 2. The van der Waals surface area contributed by atoms with E-state index in [2.05, 4.69) is 0 Å². The first-order chi connectivity index (χ1) is 9.88. The third-order valence-electron chi connectivity index (χ3n) is 2.96. The van der Waals surface area contributed by atoms with Gasteiger partial charge in [-0.05, 0) is 38.1 Å². The molecule has 0 aliphatic heterocycles. The first-order valence-corrected chi connectivity index (χ1v) is 9.12. The van der Waals surface area contributed by atoms with E-state index >= 15 is 0 Å². The Labute approximate surface area is 127 Å². The van der Waals surface area contributed by atoms with Crippen LogP contribution in [0.5, 0.6) is 0 Å². The van der Waals surface area contributed by atoms with E-state index in [9.17, 15) is 12.6 Å². The Bertz CT molecular complexity index is 771. The molecule has 1 unspecified atom stereocenters. The van der Waals surface area contributed by atoms with Gasteiger partial charge in [0.15, 0.2) is 9.84 Å². The average Bonchev–Trinajstić information content (AvgIpc) is 2.46. The lowest BCUT2D eigenvalue weighted by Crippen LogP contribution is -1.97. The van der Waals surface area contributed by atoms with Crippen LogP contribution in [0.3, 0.4) is 0 Å². The number of sulfone groups is 1. The molecule has 0 fully saturated rings. The first-order valence-electron chi connectivity index (χ1n) is 6.36. The maximum atomic E-state index is 12.1. The van der Waals surface area contributed by atoms with Gasteiger partial charge in [0.25, 0.3) is 0 Å². The zero-order valence-electron chi connectivity index (χ0n) is 11.8. The predicted molar refractivity (Wildman–Crippen MR) is 85.1 cm³/mol. The van der Waals surface area contributed by atoms with E-state index in [4.69, 9.17) is 0 Å². The summed E-state index contributed by atoms with van der Waals surface area (Å²) in [5.74, 6) is 0. The van der Waals surface area contributed by atoms with Crippen molar-refractivity contribution in [3.63, 3.8) is 0 Å². The molecule has 2 aromatic carbocycles. The van der Waals surface area contributed by atoms with Crippen LogP contribution in [-0.2, 0) is 20.6 Å². The van der Waals surface area contributed by atoms with Gasteiger partial charge in [-0.2, -0.15) is 0 Å². The van der Waals surface area contributed by atoms with Crippen molar-refractivity contribution < 1.29 is 12.6 Å². The van der Waals surface area contributed by atoms with Crippen LogP contribution in [0.15, 0.2) is 69.1 Å². The molecule has 2 rings (SSSR count). The van der Waals surface area contributed by atoms with Gasteiger partial charge in [-0.15, -0.1) is 0 Å². The van der Waals surface area contributed by atoms with Gasteiger partial charge in [-0.3, -0.25) is 0 Å². The van der Waals surface area contributed by atoms with Gasteiger partial charge in [0.05, 0.1) is 15.7 Å². The summed E-state index contributed by atoms with van der Waals surface area (Å²) in [6.07, 6.45) is 0. The van der Waals surface area contributed by atoms with Crippen LogP contribution in [0.4, 0.5) is 0 Å². The zero-order valence-corrected chi connectivity index (χ0v) is 13.4. The fraction of sp³-hybridized carbons (Fsp3) is 0.125. The monoisotopic (exact) mass is 320 g/mol. The average molecular weight is 320 g/mol. The Morgan fingerprint density at radius 2 is 1.33 bits per heavy atom. The van der Waals surface area contributed by atoms with Crippen LogP contribution >= 0.6 is 0 Å². The molecular weight excluding hydrogens is 304 g/mol. The van der Waals surface area contributed by atoms with Crippen molar-refractivity contribution in [3.05, 3.63) is 70.5 Å². The van der Waals surface area contributed by atoms with E-state index in [0.29, 0.717) is 4.90 Å². The molecule has 0 aromatic heterocycles. The largest absolute Gasteiger partial charge is 0.250 e. The quantitative estimate of drug-likeness (QED) is 0.868. The Morgan fingerprint density at radius 3 is 1.86 bits per heavy atom. The van der Waals surface area contributed by atoms with Gasteiger partial charge in [0.1, 0.15) is 0 Å². The minimum atomic E-state index is -3.56. The molecule has 21 heavy (non-hydrogen) atoms. The van der Waals surface area contributed by atoms with E-state index < -0.39 is 20.6 Å². The summed E-state index contributed by atoms with van der Waals surface area (Å²) in [5, 5.41) is 2.22.